The van der Waals surface area contributed by atoms with Crippen molar-refractivity contribution in [3.8, 4) is 0 Å². The van der Waals surface area contributed by atoms with Crippen LogP contribution in [-0.2, 0) is 10.0 Å². The molecule has 1 fully saturated rings. The number of nitrogens with one attached hydrogen (secondary N) is 3. The summed E-state index contributed by atoms with van der Waals surface area (Å²) in [6.45, 7) is 1.89. The molecule has 3 N–H and O–H groups in total. The number of hydrogen-bond donors (Lipinski definition) is 3. The molecule has 0 bridgehead atoms. The third-order valence-electron chi connectivity index (χ3n) is 4.28. The summed E-state index contributed by atoms with van der Waals surface area (Å²) in [5, 5.41) is 6.06. The quantitative estimate of drug-likeness (QED) is 0.732. The van der Waals surface area contributed by atoms with Crippen molar-refractivity contribution in [3.63, 3.8) is 0 Å². The molecule has 2 aromatic rings. The van der Waals surface area contributed by atoms with Crippen LogP contribution in [0, 0.1) is 6.92 Å². The lowest BCUT2D eigenvalue weighted by Crippen LogP contribution is -2.32. The van der Waals surface area contributed by atoms with Gasteiger partial charge in [0, 0.05) is 30.5 Å². The van der Waals surface area contributed by atoms with E-state index in [2.05, 4.69) is 25.3 Å². The summed E-state index contributed by atoms with van der Waals surface area (Å²) in [7, 11) is -1.77. The van der Waals surface area contributed by atoms with E-state index in [1.54, 1.807) is 31.4 Å². The third-order valence-corrected chi connectivity index (χ3v) is 5.80. The van der Waals surface area contributed by atoms with Crippen molar-refractivity contribution in [1.82, 2.24) is 14.7 Å². The van der Waals surface area contributed by atoms with Gasteiger partial charge in [-0.25, -0.2) is 18.1 Å². The maximum absolute atomic E-state index is 12.6. The highest BCUT2D eigenvalue weighted by Crippen LogP contribution is 2.24. The second kappa shape index (κ2) is 7.37. The minimum atomic E-state index is -3.52. The Morgan fingerprint density at radius 3 is 2.68 bits per heavy atom. The molecular weight excluding hydrogens is 338 g/mol. The molecule has 0 amide bonds. The second-order valence-electron chi connectivity index (χ2n) is 6.23. The number of aryl methyl sites for hydroxylation is 1. The van der Waals surface area contributed by atoms with Crippen molar-refractivity contribution in [1.29, 1.82) is 0 Å². The predicted molar refractivity (Wildman–Crippen MR) is 98.6 cm³/mol. The van der Waals surface area contributed by atoms with Gasteiger partial charge in [-0.05, 0) is 38.0 Å². The Morgan fingerprint density at radius 2 is 1.96 bits per heavy atom. The topological polar surface area (TPSA) is 96.0 Å². The van der Waals surface area contributed by atoms with Crippen LogP contribution in [0.4, 0.5) is 17.5 Å². The molecule has 0 atom stereocenters. The number of benzene rings is 1. The number of anilines is 3. The molecule has 0 spiro atoms. The summed E-state index contributed by atoms with van der Waals surface area (Å²) in [4.78, 5) is 8.76. The van der Waals surface area contributed by atoms with Gasteiger partial charge in [-0.2, -0.15) is 4.98 Å². The second-order valence-corrected chi connectivity index (χ2v) is 7.94. The molecule has 1 heterocycles. The van der Waals surface area contributed by atoms with Gasteiger partial charge in [-0.15, -0.1) is 0 Å². The highest BCUT2D eigenvalue weighted by molar-refractivity contribution is 7.89. The van der Waals surface area contributed by atoms with E-state index in [0.717, 1.165) is 31.2 Å². The first-order chi connectivity index (χ1) is 12.0. The zero-order valence-electron chi connectivity index (χ0n) is 14.4. The first kappa shape index (κ1) is 17.6. The van der Waals surface area contributed by atoms with Gasteiger partial charge in [0.15, 0.2) is 0 Å². The van der Waals surface area contributed by atoms with Gasteiger partial charge in [0.2, 0.25) is 16.0 Å². The molecule has 3 rings (SSSR count). The van der Waals surface area contributed by atoms with Crippen LogP contribution in [0.5, 0.6) is 0 Å². The zero-order chi connectivity index (χ0) is 17.9. The number of sulfonamides is 1. The van der Waals surface area contributed by atoms with Crippen LogP contribution in [0.3, 0.4) is 0 Å². The minimum Gasteiger partial charge on any atom is -0.357 e. The lowest BCUT2D eigenvalue weighted by molar-refractivity contribution is 0.552. The number of aromatic nitrogens is 2. The van der Waals surface area contributed by atoms with Crippen molar-refractivity contribution in [2.24, 2.45) is 0 Å². The van der Waals surface area contributed by atoms with Gasteiger partial charge in [-0.3, -0.25) is 0 Å². The van der Waals surface area contributed by atoms with E-state index in [1.165, 1.54) is 0 Å². The largest absolute Gasteiger partial charge is 0.357 e. The van der Waals surface area contributed by atoms with Crippen LogP contribution in [0.1, 0.15) is 31.2 Å². The fraction of sp³-hybridized carbons (Fsp3) is 0.412. The summed E-state index contributed by atoms with van der Waals surface area (Å²) in [6.07, 6.45) is 5.68. The maximum atomic E-state index is 12.6. The van der Waals surface area contributed by atoms with E-state index in [4.69, 9.17) is 0 Å². The Labute approximate surface area is 148 Å². The molecule has 1 aliphatic carbocycles. The van der Waals surface area contributed by atoms with Crippen molar-refractivity contribution in [2.45, 2.75) is 43.5 Å². The van der Waals surface area contributed by atoms with Gasteiger partial charge < -0.3 is 10.6 Å². The summed E-state index contributed by atoms with van der Waals surface area (Å²) in [5.41, 5.74) is 1.54. The lowest BCUT2D eigenvalue weighted by Gasteiger charge is -2.14. The average Bonchev–Trinajstić information content (AvgIpc) is 3.09. The van der Waals surface area contributed by atoms with Gasteiger partial charge in [0.05, 0.1) is 4.90 Å². The average molecular weight is 361 g/mol. The van der Waals surface area contributed by atoms with Crippen LogP contribution < -0.4 is 15.4 Å². The Kier molecular flexibility index (Phi) is 5.19. The molecule has 0 saturated heterocycles. The normalized spacial score (nSPS) is 15.3. The van der Waals surface area contributed by atoms with Gasteiger partial charge >= 0.3 is 0 Å². The number of hydrogen-bond acceptors (Lipinski definition) is 6. The van der Waals surface area contributed by atoms with E-state index in [-0.39, 0.29) is 10.9 Å². The standard InChI is InChI=1S/C17H23N5O2S/c1-12-11-19-17(18-2)21-16(12)20-14-8-5-9-15(10-14)25(23,24)22-13-6-3-4-7-13/h5,8-11,13,22H,3-4,6-7H2,1-2H3,(H2,18,19,20,21). The third kappa shape index (κ3) is 4.26. The molecule has 1 saturated carbocycles. The minimum absolute atomic E-state index is 0.0453. The molecule has 1 aromatic carbocycles. The van der Waals surface area contributed by atoms with E-state index in [1.807, 2.05) is 13.0 Å². The van der Waals surface area contributed by atoms with Crippen molar-refractivity contribution < 1.29 is 8.42 Å². The number of nitrogens with zero attached hydrogens (tertiary/aromatic N) is 2. The number of rotatable bonds is 6. The first-order valence-electron chi connectivity index (χ1n) is 8.39. The monoisotopic (exact) mass is 361 g/mol. The van der Waals surface area contributed by atoms with Crippen molar-refractivity contribution >= 4 is 27.5 Å². The smallest absolute Gasteiger partial charge is 0.240 e. The predicted octanol–water partition coefficient (Wildman–Crippen LogP) is 2.79. The van der Waals surface area contributed by atoms with Crippen LogP contribution in [0.25, 0.3) is 0 Å². The highest BCUT2D eigenvalue weighted by Gasteiger charge is 2.23. The molecule has 8 heteroatoms. The maximum Gasteiger partial charge on any atom is 0.240 e. The fourth-order valence-corrected chi connectivity index (χ4v) is 4.25. The molecule has 0 aliphatic heterocycles. The highest BCUT2D eigenvalue weighted by atomic mass is 32.2. The van der Waals surface area contributed by atoms with Crippen molar-refractivity contribution in [2.75, 3.05) is 17.7 Å². The van der Waals surface area contributed by atoms with E-state index in [0.29, 0.717) is 17.5 Å². The van der Waals surface area contributed by atoms with Gasteiger partial charge in [0.1, 0.15) is 5.82 Å². The van der Waals surface area contributed by atoms with Gasteiger partial charge in [0.25, 0.3) is 0 Å². The molecule has 1 aromatic heterocycles. The van der Waals surface area contributed by atoms with Crippen LogP contribution in [0.2, 0.25) is 0 Å². The fourth-order valence-electron chi connectivity index (χ4n) is 2.90. The summed E-state index contributed by atoms with van der Waals surface area (Å²) in [6, 6.07) is 6.81. The molecule has 0 unspecified atom stereocenters. The van der Waals surface area contributed by atoms with E-state index in [9.17, 15) is 8.42 Å². The Balaban J connectivity index is 1.81. The van der Waals surface area contributed by atoms with E-state index >= 15 is 0 Å². The molecule has 0 radical (unpaired) electrons. The summed E-state index contributed by atoms with van der Waals surface area (Å²) < 4.78 is 28.0. The van der Waals surface area contributed by atoms with Gasteiger partial charge in [-0.1, -0.05) is 18.9 Å². The van der Waals surface area contributed by atoms with Crippen LogP contribution >= 0.6 is 0 Å². The van der Waals surface area contributed by atoms with Crippen LogP contribution in [0.15, 0.2) is 35.4 Å². The molecular formula is C17H23N5O2S. The van der Waals surface area contributed by atoms with Crippen LogP contribution in [-0.4, -0.2) is 31.5 Å². The summed E-state index contributed by atoms with van der Waals surface area (Å²) >= 11 is 0. The molecule has 1 aliphatic rings. The molecule has 25 heavy (non-hydrogen) atoms. The first-order valence-corrected chi connectivity index (χ1v) is 9.87. The van der Waals surface area contributed by atoms with E-state index < -0.39 is 10.0 Å². The Bertz CT molecular complexity index is 848. The Hall–Kier alpha value is -2.19. The zero-order valence-corrected chi connectivity index (χ0v) is 15.2. The molecule has 7 nitrogen and oxygen atoms in total. The molecule has 134 valence electrons. The Morgan fingerprint density at radius 1 is 1.20 bits per heavy atom. The van der Waals surface area contributed by atoms with Crippen molar-refractivity contribution in [3.05, 3.63) is 36.0 Å². The summed E-state index contributed by atoms with van der Waals surface area (Å²) in [5.74, 6) is 1.14. The SMILES string of the molecule is CNc1ncc(C)c(Nc2cccc(S(=O)(=O)NC3CCCC3)c2)n1. The lowest BCUT2D eigenvalue weighted by atomic mass is 10.3.